The number of thioether (sulfide) groups is 1. The first-order chi connectivity index (χ1) is 14.0. The molecule has 29 heavy (non-hydrogen) atoms. The van der Waals surface area contributed by atoms with Gasteiger partial charge in [-0.05, 0) is 49.2 Å². The summed E-state index contributed by atoms with van der Waals surface area (Å²) in [6.45, 7) is 7.03. The SMILES string of the molecule is CSc1ncc(Cl)c(C(=O)NC[C@H](c2ccc(C(C)C)cc2)N2CCCCC2)n1. The number of amides is 1. The number of carbonyl (C=O) groups excluding carboxylic acids is 1. The zero-order valence-corrected chi connectivity index (χ0v) is 18.9. The predicted molar refractivity (Wildman–Crippen MR) is 120 cm³/mol. The highest BCUT2D eigenvalue weighted by Crippen LogP contribution is 2.26. The first-order valence-corrected chi connectivity index (χ1v) is 11.8. The number of aromatic nitrogens is 2. The van der Waals surface area contributed by atoms with Crippen LogP contribution in [0.25, 0.3) is 0 Å². The van der Waals surface area contributed by atoms with Crippen molar-refractivity contribution < 1.29 is 4.79 Å². The molecule has 0 unspecified atom stereocenters. The Morgan fingerprint density at radius 3 is 2.45 bits per heavy atom. The molecular formula is C22H29ClN4OS. The lowest BCUT2D eigenvalue weighted by atomic mass is 9.97. The third-order valence-electron chi connectivity index (χ3n) is 5.39. The van der Waals surface area contributed by atoms with Crippen molar-refractivity contribution in [2.24, 2.45) is 0 Å². The molecule has 2 aromatic rings. The van der Waals surface area contributed by atoms with E-state index in [2.05, 4.69) is 58.3 Å². The molecule has 0 spiro atoms. The van der Waals surface area contributed by atoms with Crippen molar-refractivity contribution in [2.45, 2.75) is 50.2 Å². The first kappa shape index (κ1) is 22.1. The monoisotopic (exact) mass is 432 g/mol. The summed E-state index contributed by atoms with van der Waals surface area (Å²) in [5, 5.41) is 3.87. The largest absolute Gasteiger partial charge is 0.349 e. The van der Waals surface area contributed by atoms with E-state index >= 15 is 0 Å². The first-order valence-electron chi connectivity index (χ1n) is 10.2. The van der Waals surface area contributed by atoms with E-state index in [0.717, 1.165) is 13.1 Å². The Labute approximate surface area is 182 Å². The topological polar surface area (TPSA) is 58.1 Å². The summed E-state index contributed by atoms with van der Waals surface area (Å²) in [6.07, 6.45) is 7.03. The fraction of sp³-hybridized carbons (Fsp3) is 0.500. The number of halogens is 1. The van der Waals surface area contributed by atoms with Crippen LogP contribution < -0.4 is 5.32 Å². The summed E-state index contributed by atoms with van der Waals surface area (Å²) >= 11 is 7.56. The lowest BCUT2D eigenvalue weighted by Crippen LogP contribution is -2.40. The third kappa shape index (κ3) is 5.71. The van der Waals surface area contributed by atoms with Gasteiger partial charge in [-0.25, -0.2) is 9.97 Å². The van der Waals surface area contributed by atoms with Gasteiger partial charge in [0.2, 0.25) is 0 Å². The van der Waals surface area contributed by atoms with Crippen molar-refractivity contribution in [2.75, 3.05) is 25.9 Å². The van der Waals surface area contributed by atoms with Gasteiger partial charge in [0.25, 0.3) is 5.91 Å². The van der Waals surface area contributed by atoms with Crippen LogP contribution in [0.15, 0.2) is 35.6 Å². The molecule has 1 aromatic heterocycles. The minimum Gasteiger partial charge on any atom is -0.349 e. The number of piperidine rings is 1. The standard InChI is InChI=1S/C22H29ClN4OS/c1-15(2)16-7-9-17(10-8-16)19(27-11-5-4-6-12-27)14-24-21(28)20-18(23)13-25-22(26-20)29-3/h7-10,13,15,19H,4-6,11-12,14H2,1-3H3,(H,24,28)/t19-/m1/s1. The van der Waals surface area contributed by atoms with Gasteiger partial charge in [0.1, 0.15) is 0 Å². The Morgan fingerprint density at radius 2 is 1.83 bits per heavy atom. The van der Waals surface area contributed by atoms with E-state index in [1.807, 2.05) is 6.26 Å². The van der Waals surface area contributed by atoms with E-state index in [1.165, 1.54) is 48.3 Å². The molecule has 0 saturated carbocycles. The van der Waals surface area contributed by atoms with Crippen LogP contribution in [0, 0.1) is 0 Å². The van der Waals surface area contributed by atoms with Gasteiger partial charge in [-0.3, -0.25) is 9.69 Å². The number of hydrogen-bond donors (Lipinski definition) is 1. The number of nitrogens with zero attached hydrogens (tertiary/aromatic N) is 3. The molecule has 0 aliphatic carbocycles. The molecule has 1 aliphatic rings. The summed E-state index contributed by atoms with van der Waals surface area (Å²) in [5.41, 5.74) is 2.79. The molecule has 1 N–H and O–H groups in total. The molecule has 0 radical (unpaired) electrons. The van der Waals surface area contributed by atoms with Crippen molar-refractivity contribution in [1.29, 1.82) is 0 Å². The van der Waals surface area contributed by atoms with Crippen molar-refractivity contribution in [1.82, 2.24) is 20.2 Å². The third-order valence-corrected chi connectivity index (χ3v) is 6.23. The molecule has 1 saturated heterocycles. The minimum absolute atomic E-state index is 0.140. The molecule has 0 bridgehead atoms. The number of carbonyl (C=O) groups is 1. The van der Waals surface area contributed by atoms with Gasteiger partial charge in [0.05, 0.1) is 17.3 Å². The maximum atomic E-state index is 12.8. The molecular weight excluding hydrogens is 404 g/mol. The Hall–Kier alpha value is -1.63. The summed E-state index contributed by atoms with van der Waals surface area (Å²) < 4.78 is 0. The van der Waals surface area contributed by atoms with Crippen LogP contribution in [-0.4, -0.2) is 46.7 Å². The summed E-state index contributed by atoms with van der Waals surface area (Å²) in [7, 11) is 0. The molecule has 7 heteroatoms. The highest BCUT2D eigenvalue weighted by atomic mass is 35.5. The molecule has 5 nitrogen and oxygen atoms in total. The van der Waals surface area contributed by atoms with Gasteiger partial charge in [-0.15, -0.1) is 0 Å². The molecule has 1 aliphatic heterocycles. The van der Waals surface area contributed by atoms with Gasteiger partial charge in [-0.1, -0.05) is 67.9 Å². The smallest absolute Gasteiger partial charge is 0.271 e. The van der Waals surface area contributed by atoms with Crippen molar-refractivity contribution in [3.05, 3.63) is 52.3 Å². The molecule has 156 valence electrons. The minimum atomic E-state index is -0.256. The molecule has 1 fully saturated rings. The summed E-state index contributed by atoms with van der Waals surface area (Å²) in [4.78, 5) is 23.6. The molecule has 3 rings (SSSR count). The van der Waals surface area contributed by atoms with Crippen LogP contribution in [0.4, 0.5) is 0 Å². The molecule has 1 amide bonds. The average Bonchev–Trinajstić information content (AvgIpc) is 2.75. The van der Waals surface area contributed by atoms with E-state index in [9.17, 15) is 4.79 Å². The summed E-state index contributed by atoms with van der Waals surface area (Å²) in [6, 6.07) is 8.94. The number of rotatable bonds is 7. The zero-order chi connectivity index (χ0) is 20.8. The van der Waals surface area contributed by atoms with Gasteiger partial charge in [-0.2, -0.15) is 0 Å². The maximum absolute atomic E-state index is 12.8. The maximum Gasteiger partial charge on any atom is 0.271 e. The van der Waals surface area contributed by atoms with E-state index in [1.54, 1.807) is 0 Å². The molecule has 1 atom stereocenters. The molecule has 1 aromatic carbocycles. The number of hydrogen-bond acceptors (Lipinski definition) is 5. The fourth-order valence-corrected chi connectivity index (χ4v) is 4.19. The van der Waals surface area contributed by atoms with Crippen LogP contribution in [0.3, 0.4) is 0 Å². The fourth-order valence-electron chi connectivity index (χ4n) is 3.67. The Balaban J connectivity index is 1.77. The Morgan fingerprint density at radius 1 is 1.17 bits per heavy atom. The Kier molecular flexibility index (Phi) is 7.92. The highest BCUT2D eigenvalue weighted by molar-refractivity contribution is 7.98. The normalized spacial score (nSPS) is 16.0. The predicted octanol–water partition coefficient (Wildman–Crippen LogP) is 4.93. The number of benzene rings is 1. The van der Waals surface area contributed by atoms with Crippen LogP contribution >= 0.6 is 23.4 Å². The van der Waals surface area contributed by atoms with Crippen LogP contribution in [0.5, 0.6) is 0 Å². The second-order valence-corrected chi connectivity index (χ2v) is 8.88. The molecule has 2 heterocycles. The second kappa shape index (κ2) is 10.4. The Bertz CT molecular complexity index is 822. The van der Waals surface area contributed by atoms with Crippen molar-refractivity contribution in [3.8, 4) is 0 Å². The average molecular weight is 433 g/mol. The van der Waals surface area contributed by atoms with E-state index in [-0.39, 0.29) is 22.7 Å². The number of likely N-dealkylation sites (tertiary alicyclic amines) is 1. The summed E-state index contributed by atoms with van der Waals surface area (Å²) in [5.74, 6) is 0.247. The lowest BCUT2D eigenvalue weighted by molar-refractivity contribution is 0.0918. The van der Waals surface area contributed by atoms with Crippen LogP contribution in [0.2, 0.25) is 5.02 Å². The number of nitrogens with one attached hydrogen (secondary N) is 1. The van der Waals surface area contributed by atoms with Crippen LogP contribution in [0.1, 0.15) is 66.7 Å². The zero-order valence-electron chi connectivity index (χ0n) is 17.3. The lowest BCUT2D eigenvalue weighted by Gasteiger charge is -2.35. The highest BCUT2D eigenvalue weighted by Gasteiger charge is 2.24. The van der Waals surface area contributed by atoms with E-state index in [0.29, 0.717) is 17.6 Å². The van der Waals surface area contributed by atoms with Gasteiger partial charge >= 0.3 is 0 Å². The van der Waals surface area contributed by atoms with E-state index in [4.69, 9.17) is 11.6 Å². The van der Waals surface area contributed by atoms with Crippen molar-refractivity contribution in [3.63, 3.8) is 0 Å². The van der Waals surface area contributed by atoms with Gasteiger partial charge in [0, 0.05) is 6.54 Å². The second-order valence-electron chi connectivity index (χ2n) is 7.70. The van der Waals surface area contributed by atoms with E-state index < -0.39 is 0 Å². The van der Waals surface area contributed by atoms with Crippen LogP contribution in [-0.2, 0) is 0 Å². The van der Waals surface area contributed by atoms with Gasteiger partial charge in [0.15, 0.2) is 10.9 Å². The van der Waals surface area contributed by atoms with Gasteiger partial charge < -0.3 is 5.32 Å². The van der Waals surface area contributed by atoms with Crippen molar-refractivity contribution >= 4 is 29.3 Å². The quantitative estimate of drug-likeness (QED) is 0.496.